The molecule has 0 fully saturated rings. The molecule has 2 N–H and O–H groups in total. The van der Waals surface area contributed by atoms with Crippen LogP contribution in [0.4, 0.5) is 0 Å². The largest absolute Gasteiger partial charge is 0.394 e. The molecule has 0 amide bonds. The Kier molecular flexibility index (Phi) is 7.38. The summed E-state index contributed by atoms with van der Waals surface area (Å²) in [6.07, 6.45) is 3.19. The minimum atomic E-state index is -0.303. The highest BCUT2D eigenvalue weighted by molar-refractivity contribution is 6.02. The molecule has 0 spiro atoms. The quantitative estimate of drug-likeness (QED) is 0.222. The number of hydrogen-bond acceptors (Lipinski definition) is 3. The Bertz CT molecular complexity index is 1760. The van der Waals surface area contributed by atoms with Crippen LogP contribution in [-0.2, 0) is 19.4 Å². The van der Waals surface area contributed by atoms with Crippen LogP contribution in [0.25, 0.3) is 33.4 Å². The van der Waals surface area contributed by atoms with Gasteiger partial charge >= 0.3 is 0 Å². The van der Waals surface area contributed by atoms with E-state index in [1.807, 2.05) is 53.1 Å². The van der Waals surface area contributed by atoms with E-state index in [2.05, 4.69) is 77.4 Å². The maximum atomic E-state index is 10.4. The highest BCUT2D eigenvalue weighted by Gasteiger charge is 2.24. The summed E-state index contributed by atoms with van der Waals surface area (Å²) in [7, 11) is 0. The standard InChI is InChI=1S/C35H32N4O/c36-34-32-31(28-17-9-3-10-18-28)33(29-19-11-4-12-20-29)38(22-21-26-13-5-1-6-14-26)35(32)37-25-39(34)30(24-40)23-27-15-7-2-8-16-27/h1-20,25,30,36,40H,21-24H2. The molecule has 0 radical (unpaired) electrons. The van der Waals surface area contributed by atoms with Crippen molar-refractivity contribution in [3.8, 4) is 22.4 Å². The van der Waals surface area contributed by atoms with Crippen LogP contribution in [0.1, 0.15) is 17.2 Å². The van der Waals surface area contributed by atoms with Crippen LogP contribution in [0.5, 0.6) is 0 Å². The van der Waals surface area contributed by atoms with Crippen molar-refractivity contribution >= 4 is 11.0 Å². The lowest BCUT2D eigenvalue weighted by atomic mass is 9.99. The topological polar surface area (TPSA) is 66.8 Å². The zero-order valence-corrected chi connectivity index (χ0v) is 22.3. The summed E-state index contributed by atoms with van der Waals surface area (Å²) in [5.74, 6) is 0. The van der Waals surface area contributed by atoms with E-state index >= 15 is 0 Å². The van der Waals surface area contributed by atoms with Crippen molar-refractivity contribution in [1.29, 1.82) is 5.41 Å². The predicted octanol–water partition coefficient (Wildman–Crippen LogP) is 6.67. The van der Waals surface area contributed by atoms with Crippen LogP contribution in [0.3, 0.4) is 0 Å². The third-order valence-electron chi connectivity index (χ3n) is 7.53. The molecule has 0 bridgehead atoms. The molecular formula is C35H32N4O. The Hall–Kier alpha value is -4.74. The van der Waals surface area contributed by atoms with Gasteiger partial charge < -0.3 is 14.2 Å². The molecule has 5 nitrogen and oxygen atoms in total. The second-order valence-corrected chi connectivity index (χ2v) is 10.1. The lowest BCUT2D eigenvalue weighted by Crippen LogP contribution is -2.29. The van der Waals surface area contributed by atoms with E-state index in [0.29, 0.717) is 11.9 Å². The Morgan fingerprint density at radius 1 is 0.700 bits per heavy atom. The molecule has 2 aromatic heterocycles. The van der Waals surface area contributed by atoms with Crippen LogP contribution in [0, 0.1) is 5.41 Å². The van der Waals surface area contributed by atoms with Gasteiger partial charge in [-0.05, 0) is 35.1 Å². The number of benzene rings is 4. The van der Waals surface area contributed by atoms with E-state index in [9.17, 15) is 10.5 Å². The van der Waals surface area contributed by atoms with Crippen LogP contribution < -0.4 is 5.49 Å². The number of aliphatic hydroxyl groups excluding tert-OH is 1. The molecule has 2 heterocycles. The Morgan fingerprint density at radius 2 is 1.25 bits per heavy atom. The van der Waals surface area contributed by atoms with Gasteiger partial charge in [-0.1, -0.05) is 121 Å². The van der Waals surface area contributed by atoms with E-state index in [-0.39, 0.29) is 12.6 Å². The summed E-state index contributed by atoms with van der Waals surface area (Å²) in [6.45, 7) is 0.640. The first-order valence-electron chi connectivity index (χ1n) is 13.7. The predicted molar refractivity (Wildman–Crippen MR) is 161 cm³/mol. The average Bonchev–Trinajstić information content (AvgIpc) is 3.36. The Balaban J connectivity index is 1.59. The van der Waals surface area contributed by atoms with Gasteiger partial charge in [0, 0.05) is 12.1 Å². The number of nitrogens with zero attached hydrogens (tertiary/aromatic N) is 3. The molecule has 6 rings (SSSR count). The molecular weight excluding hydrogens is 492 g/mol. The fourth-order valence-corrected chi connectivity index (χ4v) is 5.57. The second kappa shape index (κ2) is 11.6. The SMILES string of the molecule is N=c1c2c(-c3ccccc3)c(-c3ccccc3)n(CCc3ccccc3)c2ncn1C(CO)Cc1ccccc1. The molecule has 0 aliphatic rings. The first kappa shape index (κ1) is 25.5. The van der Waals surface area contributed by atoms with Crippen molar-refractivity contribution in [1.82, 2.24) is 14.1 Å². The van der Waals surface area contributed by atoms with E-state index in [0.717, 1.165) is 51.9 Å². The number of aliphatic hydroxyl groups is 1. The highest BCUT2D eigenvalue weighted by Crippen LogP contribution is 2.39. The summed E-state index contributed by atoms with van der Waals surface area (Å²) >= 11 is 0. The van der Waals surface area contributed by atoms with E-state index < -0.39 is 0 Å². The molecule has 40 heavy (non-hydrogen) atoms. The Labute approximate surface area is 234 Å². The number of nitrogens with one attached hydrogen (secondary N) is 1. The molecule has 0 aliphatic heterocycles. The van der Waals surface area contributed by atoms with Crippen molar-refractivity contribution in [3.63, 3.8) is 0 Å². The minimum Gasteiger partial charge on any atom is -0.394 e. The molecule has 0 saturated heterocycles. The van der Waals surface area contributed by atoms with Crippen molar-refractivity contribution < 1.29 is 5.11 Å². The van der Waals surface area contributed by atoms with E-state index in [1.54, 1.807) is 6.33 Å². The third-order valence-corrected chi connectivity index (χ3v) is 7.53. The molecule has 0 aliphatic carbocycles. The van der Waals surface area contributed by atoms with Gasteiger partial charge in [-0.2, -0.15) is 0 Å². The van der Waals surface area contributed by atoms with Gasteiger partial charge in [0.25, 0.3) is 0 Å². The van der Waals surface area contributed by atoms with Crippen molar-refractivity contribution in [2.45, 2.75) is 25.4 Å². The minimum absolute atomic E-state index is 0.0838. The second-order valence-electron chi connectivity index (χ2n) is 10.1. The van der Waals surface area contributed by atoms with Gasteiger partial charge in [-0.3, -0.25) is 5.41 Å². The van der Waals surface area contributed by atoms with Gasteiger partial charge in [-0.25, -0.2) is 4.98 Å². The van der Waals surface area contributed by atoms with E-state index in [1.165, 1.54) is 5.56 Å². The van der Waals surface area contributed by atoms with Crippen LogP contribution in [0.15, 0.2) is 128 Å². The molecule has 6 aromatic rings. The summed E-state index contributed by atoms with van der Waals surface area (Å²) in [6, 6.07) is 41.0. The van der Waals surface area contributed by atoms with Gasteiger partial charge in [0.05, 0.1) is 30.1 Å². The van der Waals surface area contributed by atoms with Crippen LogP contribution >= 0.6 is 0 Å². The Morgan fingerprint density at radius 3 is 1.85 bits per heavy atom. The fraction of sp³-hybridized carbons (Fsp3) is 0.143. The summed E-state index contributed by atoms with van der Waals surface area (Å²) < 4.78 is 4.10. The highest BCUT2D eigenvalue weighted by atomic mass is 16.3. The normalized spacial score (nSPS) is 12.0. The number of aryl methyl sites for hydroxylation is 2. The van der Waals surface area contributed by atoms with Crippen LogP contribution in [-0.4, -0.2) is 25.8 Å². The van der Waals surface area contributed by atoms with Crippen molar-refractivity contribution in [3.05, 3.63) is 144 Å². The maximum Gasteiger partial charge on any atom is 0.146 e. The number of aromatic nitrogens is 3. The van der Waals surface area contributed by atoms with Gasteiger partial charge in [-0.15, -0.1) is 0 Å². The number of hydrogen-bond donors (Lipinski definition) is 2. The summed E-state index contributed by atoms with van der Waals surface area (Å²) in [4.78, 5) is 4.99. The third kappa shape index (κ3) is 4.99. The zero-order valence-electron chi connectivity index (χ0n) is 22.3. The lowest BCUT2D eigenvalue weighted by Gasteiger charge is -2.19. The summed E-state index contributed by atoms with van der Waals surface area (Å²) in [5, 5.41) is 20.7. The molecule has 0 saturated carbocycles. The molecule has 1 unspecified atom stereocenters. The molecule has 5 heteroatoms. The van der Waals surface area contributed by atoms with Gasteiger partial charge in [0.2, 0.25) is 0 Å². The van der Waals surface area contributed by atoms with Crippen molar-refractivity contribution in [2.24, 2.45) is 0 Å². The van der Waals surface area contributed by atoms with Crippen molar-refractivity contribution in [2.75, 3.05) is 6.61 Å². The molecule has 4 aromatic carbocycles. The maximum absolute atomic E-state index is 10.4. The molecule has 1 atom stereocenters. The first-order chi connectivity index (χ1) is 19.7. The fourth-order valence-electron chi connectivity index (χ4n) is 5.57. The van der Waals surface area contributed by atoms with Gasteiger partial charge in [0.1, 0.15) is 11.1 Å². The number of rotatable bonds is 9. The number of fused-ring (bicyclic) bond motifs is 1. The monoisotopic (exact) mass is 524 g/mol. The smallest absolute Gasteiger partial charge is 0.146 e. The lowest BCUT2D eigenvalue weighted by molar-refractivity contribution is 0.223. The molecule has 198 valence electrons. The zero-order chi connectivity index (χ0) is 27.3. The van der Waals surface area contributed by atoms with Crippen LogP contribution in [0.2, 0.25) is 0 Å². The summed E-state index contributed by atoms with van der Waals surface area (Å²) in [5.41, 5.74) is 7.69. The van der Waals surface area contributed by atoms with E-state index in [4.69, 9.17) is 4.98 Å². The first-order valence-corrected chi connectivity index (χ1v) is 13.7. The average molecular weight is 525 g/mol. The van der Waals surface area contributed by atoms with Gasteiger partial charge in [0.15, 0.2) is 0 Å².